The van der Waals surface area contributed by atoms with Gasteiger partial charge in [0.25, 0.3) is 0 Å². The summed E-state index contributed by atoms with van der Waals surface area (Å²) in [7, 11) is 0. The third kappa shape index (κ3) is 3.70. The fraction of sp³-hybridized carbons (Fsp3) is 0.158. The van der Waals surface area contributed by atoms with Crippen LogP contribution >= 0.6 is 11.6 Å². The molecular formula is C19H14ClF2N3. The molecule has 0 amide bonds. The quantitative estimate of drug-likeness (QED) is 0.799. The average molecular weight is 358 g/mol. The van der Waals surface area contributed by atoms with Crippen LogP contribution in [0.25, 0.3) is 0 Å². The van der Waals surface area contributed by atoms with Gasteiger partial charge in [-0.3, -0.25) is 9.98 Å². The summed E-state index contributed by atoms with van der Waals surface area (Å²) < 4.78 is 28.6. The normalized spacial score (nSPS) is 14.7. The maximum atomic E-state index is 14.3. The minimum absolute atomic E-state index is 0.154. The Balaban J connectivity index is 2.15. The van der Waals surface area contributed by atoms with Crippen LogP contribution in [0, 0.1) is 23.5 Å². The van der Waals surface area contributed by atoms with Crippen molar-refractivity contribution in [3.63, 3.8) is 0 Å². The van der Waals surface area contributed by atoms with Crippen LogP contribution in [-0.4, -0.2) is 24.6 Å². The molecule has 3 nitrogen and oxygen atoms in total. The number of hydrogen-bond acceptors (Lipinski definition) is 2. The number of aliphatic imine (C=N–C) groups is 2. The minimum atomic E-state index is -0.679. The Morgan fingerprint density at radius 1 is 1.24 bits per heavy atom. The number of benzene rings is 2. The highest BCUT2D eigenvalue weighted by Crippen LogP contribution is 2.28. The van der Waals surface area contributed by atoms with E-state index in [4.69, 9.17) is 11.6 Å². The molecule has 3 rings (SSSR count). The van der Waals surface area contributed by atoms with E-state index in [1.165, 1.54) is 18.2 Å². The van der Waals surface area contributed by atoms with E-state index in [-0.39, 0.29) is 17.8 Å². The zero-order valence-electron chi connectivity index (χ0n) is 13.4. The van der Waals surface area contributed by atoms with Crippen molar-refractivity contribution in [2.75, 3.05) is 18.4 Å². The largest absolute Gasteiger partial charge is 0.342 e. The summed E-state index contributed by atoms with van der Waals surface area (Å²) in [4.78, 5) is 8.73. The highest BCUT2D eigenvalue weighted by molar-refractivity contribution is 6.32. The molecule has 2 aromatic carbocycles. The van der Waals surface area contributed by atoms with Crippen LogP contribution in [0.4, 0.5) is 14.5 Å². The van der Waals surface area contributed by atoms with Gasteiger partial charge in [-0.05, 0) is 37.3 Å². The molecule has 0 saturated heterocycles. The van der Waals surface area contributed by atoms with Crippen molar-refractivity contribution in [1.82, 2.24) is 0 Å². The van der Waals surface area contributed by atoms with E-state index in [1.807, 2.05) is 0 Å². The number of amidine groups is 1. The van der Waals surface area contributed by atoms with Gasteiger partial charge in [-0.25, -0.2) is 8.78 Å². The molecule has 0 aromatic heterocycles. The van der Waals surface area contributed by atoms with Gasteiger partial charge in [0, 0.05) is 16.3 Å². The van der Waals surface area contributed by atoms with Crippen molar-refractivity contribution in [2.24, 2.45) is 9.98 Å². The Kier molecular flexibility index (Phi) is 5.11. The Morgan fingerprint density at radius 3 is 2.72 bits per heavy atom. The molecular weight excluding hydrogens is 344 g/mol. The molecule has 1 N–H and O–H groups in total. The van der Waals surface area contributed by atoms with Crippen molar-refractivity contribution >= 4 is 28.8 Å². The summed E-state index contributed by atoms with van der Waals surface area (Å²) in [5, 5.41) is 3.59. The number of rotatable bonds is 2. The van der Waals surface area contributed by atoms with Gasteiger partial charge in [-0.1, -0.05) is 23.6 Å². The van der Waals surface area contributed by atoms with Crippen LogP contribution < -0.4 is 5.32 Å². The SMILES string of the molecule is CC#CCN=C1CN=C(c2c(F)cccc2F)c2cc(Cl)ccc2N1. The van der Waals surface area contributed by atoms with E-state index in [1.54, 1.807) is 25.1 Å². The van der Waals surface area contributed by atoms with Crippen LogP contribution in [-0.2, 0) is 0 Å². The van der Waals surface area contributed by atoms with Gasteiger partial charge in [-0.2, -0.15) is 0 Å². The third-order valence-electron chi connectivity index (χ3n) is 3.63. The van der Waals surface area contributed by atoms with E-state index in [2.05, 4.69) is 27.1 Å². The second kappa shape index (κ2) is 7.45. The molecule has 0 fully saturated rings. The first kappa shape index (κ1) is 17.1. The number of fused-ring (bicyclic) bond motifs is 1. The predicted molar refractivity (Wildman–Crippen MR) is 97.7 cm³/mol. The molecule has 1 heterocycles. The van der Waals surface area contributed by atoms with Crippen molar-refractivity contribution in [3.8, 4) is 11.8 Å². The molecule has 0 saturated carbocycles. The van der Waals surface area contributed by atoms with Gasteiger partial charge in [0.2, 0.25) is 0 Å². The molecule has 2 aromatic rings. The number of halogens is 3. The van der Waals surface area contributed by atoms with Crippen LogP contribution in [0.5, 0.6) is 0 Å². The molecule has 0 atom stereocenters. The molecule has 0 spiro atoms. The number of nitrogens with zero attached hydrogens (tertiary/aromatic N) is 2. The van der Waals surface area contributed by atoms with Crippen molar-refractivity contribution < 1.29 is 8.78 Å². The van der Waals surface area contributed by atoms with Crippen LogP contribution in [0.2, 0.25) is 5.02 Å². The monoisotopic (exact) mass is 357 g/mol. The second-order valence-corrected chi connectivity index (χ2v) is 5.70. The highest BCUT2D eigenvalue weighted by atomic mass is 35.5. The second-order valence-electron chi connectivity index (χ2n) is 5.27. The molecule has 0 radical (unpaired) electrons. The van der Waals surface area contributed by atoms with Crippen molar-refractivity contribution in [3.05, 3.63) is 64.2 Å². The summed E-state index contributed by atoms with van der Waals surface area (Å²) in [5.74, 6) is 4.81. The molecule has 0 unspecified atom stereocenters. The van der Waals surface area contributed by atoms with Gasteiger partial charge < -0.3 is 5.32 Å². The maximum absolute atomic E-state index is 14.3. The first-order valence-electron chi connectivity index (χ1n) is 7.59. The fourth-order valence-corrected chi connectivity index (χ4v) is 2.67. The lowest BCUT2D eigenvalue weighted by molar-refractivity contribution is 0.579. The standard InChI is InChI=1S/C19H14ClF2N3/c1-2-3-9-23-17-11-24-19(18-14(21)5-4-6-15(18)22)13-10-12(20)7-8-16(13)25-17/h4-8,10H,9,11H2,1H3,(H,23,25). The van der Waals surface area contributed by atoms with Crippen LogP contribution in [0.15, 0.2) is 46.4 Å². The van der Waals surface area contributed by atoms with Gasteiger partial charge in [0.1, 0.15) is 24.0 Å². The van der Waals surface area contributed by atoms with E-state index in [0.717, 1.165) is 0 Å². The van der Waals surface area contributed by atoms with E-state index < -0.39 is 11.6 Å². The number of benzodiazepines with no additional fused rings is 1. The van der Waals surface area contributed by atoms with E-state index >= 15 is 0 Å². The Bertz CT molecular complexity index is 919. The first-order valence-corrected chi connectivity index (χ1v) is 7.96. The fourth-order valence-electron chi connectivity index (χ4n) is 2.50. The summed E-state index contributed by atoms with van der Waals surface area (Å²) in [5.41, 5.74) is 1.17. The van der Waals surface area contributed by atoms with E-state index in [9.17, 15) is 8.78 Å². The van der Waals surface area contributed by atoms with Crippen LogP contribution in [0.1, 0.15) is 18.1 Å². The van der Waals surface area contributed by atoms with Crippen molar-refractivity contribution in [2.45, 2.75) is 6.92 Å². The van der Waals surface area contributed by atoms with Gasteiger partial charge in [0.15, 0.2) is 0 Å². The highest BCUT2D eigenvalue weighted by Gasteiger charge is 2.22. The first-order chi connectivity index (χ1) is 12.1. The topological polar surface area (TPSA) is 36.8 Å². The Hall–Kier alpha value is -2.71. The van der Waals surface area contributed by atoms with Gasteiger partial charge >= 0.3 is 0 Å². The zero-order chi connectivity index (χ0) is 17.8. The van der Waals surface area contributed by atoms with E-state index in [0.29, 0.717) is 28.7 Å². The molecule has 1 aliphatic heterocycles. The summed E-state index contributed by atoms with van der Waals surface area (Å²) in [6.07, 6.45) is 0. The minimum Gasteiger partial charge on any atom is -0.342 e. The smallest absolute Gasteiger partial charge is 0.135 e. The maximum Gasteiger partial charge on any atom is 0.135 e. The number of hydrogen-bond donors (Lipinski definition) is 1. The lowest BCUT2D eigenvalue weighted by atomic mass is 9.99. The summed E-state index contributed by atoms with van der Waals surface area (Å²) >= 11 is 6.08. The van der Waals surface area contributed by atoms with Gasteiger partial charge in [0.05, 0.1) is 17.8 Å². The third-order valence-corrected chi connectivity index (χ3v) is 3.86. The molecule has 0 bridgehead atoms. The Labute approximate surface area is 149 Å². The molecule has 6 heteroatoms. The predicted octanol–water partition coefficient (Wildman–Crippen LogP) is 4.30. The molecule has 25 heavy (non-hydrogen) atoms. The summed E-state index contributed by atoms with van der Waals surface area (Å²) in [6.45, 7) is 2.21. The molecule has 126 valence electrons. The van der Waals surface area contributed by atoms with Gasteiger partial charge in [-0.15, -0.1) is 5.92 Å². The number of anilines is 1. The lowest BCUT2D eigenvalue weighted by Gasteiger charge is -2.12. The number of nitrogens with one attached hydrogen (secondary N) is 1. The summed E-state index contributed by atoms with van der Waals surface area (Å²) in [6, 6.07) is 8.78. The Morgan fingerprint density at radius 2 is 2.00 bits per heavy atom. The lowest BCUT2D eigenvalue weighted by Crippen LogP contribution is -2.15. The van der Waals surface area contributed by atoms with Crippen molar-refractivity contribution in [1.29, 1.82) is 0 Å². The zero-order valence-corrected chi connectivity index (χ0v) is 14.2. The average Bonchev–Trinajstić information content (AvgIpc) is 2.75. The van der Waals surface area contributed by atoms with Crippen LogP contribution in [0.3, 0.4) is 0 Å². The molecule has 1 aliphatic rings. The molecule has 0 aliphatic carbocycles.